The van der Waals surface area contributed by atoms with Crippen molar-refractivity contribution in [2.45, 2.75) is 87.7 Å². The molecule has 0 bridgehead atoms. The lowest BCUT2D eigenvalue weighted by atomic mass is 9.46. The Bertz CT molecular complexity index is 1620. The van der Waals surface area contributed by atoms with Gasteiger partial charge in [0.1, 0.15) is 5.78 Å². The van der Waals surface area contributed by atoms with Gasteiger partial charge in [-0.25, -0.2) is 17.9 Å². The number of Topliss-reactive ketones (excluding diaryl/α,β-unsaturated/α-hetero) is 1. The molecule has 0 saturated heterocycles. The number of fused-ring (bicyclic) bond motifs is 5. The standard InChI is InChI=1S/C35H42N2O5S2/c1-21-5-11-27(12-6-21)44(41,42)37-33(40)36-24-7-9-26(10-8-24)43-31-20-23-19-25(39)15-17-34(23,3)30-16-18-35(4)28(22(2)38)13-14-29(35)32(30)31/h5-12,19,28-32H,13-18,20H2,1-4H3,(H2,36,37,40)/t28-,29+,30+,31-,32+,34+,35-/m1/s1. The summed E-state index contributed by atoms with van der Waals surface area (Å²) in [5.74, 6) is 2.09. The molecule has 9 heteroatoms. The van der Waals surface area contributed by atoms with Crippen LogP contribution in [-0.2, 0) is 19.6 Å². The van der Waals surface area contributed by atoms with Gasteiger partial charge >= 0.3 is 6.03 Å². The lowest BCUT2D eigenvalue weighted by Crippen LogP contribution is -2.55. The quantitative estimate of drug-likeness (QED) is 0.345. The van der Waals surface area contributed by atoms with Gasteiger partial charge in [-0.15, -0.1) is 11.8 Å². The van der Waals surface area contributed by atoms with E-state index in [0.717, 1.165) is 49.0 Å². The molecular weight excluding hydrogens is 593 g/mol. The maximum Gasteiger partial charge on any atom is 0.333 e. The average molecular weight is 635 g/mol. The van der Waals surface area contributed by atoms with Crippen LogP contribution >= 0.6 is 11.8 Å². The van der Waals surface area contributed by atoms with Gasteiger partial charge in [0, 0.05) is 28.2 Å². The number of amides is 2. The number of ketones is 2. The van der Waals surface area contributed by atoms with Gasteiger partial charge in [-0.05, 0) is 123 Å². The number of allylic oxidation sites excluding steroid dienone is 1. The number of anilines is 1. The van der Waals surface area contributed by atoms with Gasteiger partial charge in [-0.1, -0.05) is 37.1 Å². The number of aryl methyl sites for hydroxylation is 1. The number of hydrogen-bond donors (Lipinski definition) is 2. The topological polar surface area (TPSA) is 109 Å². The molecule has 234 valence electrons. The molecule has 7 nitrogen and oxygen atoms in total. The second-order valence-electron chi connectivity index (χ2n) is 13.9. The Kier molecular flexibility index (Phi) is 8.10. The summed E-state index contributed by atoms with van der Waals surface area (Å²) < 4.78 is 27.3. The van der Waals surface area contributed by atoms with Crippen molar-refractivity contribution in [2.75, 3.05) is 5.32 Å². The van der Waals surface area contributed by atoms with E-state index in [1.807, 2.05) is 36.9 Å². The number of rotatable bonds is 6. The summed E-state index contributed by atoms with van der Waals surface area (Å²) in [4.78, 5) is 38.9. The van der Waals surface area contributed by atoms with Crippen molar-refractivity contribution >= 4 is 45.1 Å². The van der Waals surface area contributed by atoms with Crippen LogP contribution in [-0.4, -0.2) is 31.3 Å². The molecule has 7 atom stereocenters. The normalized spacial score (nSPS) is 33.0. The van der Waals surface area contributed by atoms with E-state index < -0.39 is 16.1 Å². The fourth-order valence-corrected chi connectivity index (χ4v) is 11.5. The zero-order valence-electron chi connectivity index (χ0n) is 25.9. The molecule has 0 unspecified atom stereocenters. The lowest BCUT2D eigenvalue weighted by Gasteiger charge is -2.60. The third-order valence-electron chi connectivity index (χ3n) is 11.4. The number of hydrogen-bond acceptors (Lipinski definition) is 6. The van der Waals surface area contributed by atoms with Crippen LogP contribution in [0.3, 0.4) is 0 Å². The highest BCUT2D eigenvalue weighted by atomic mass is 32.2. The third-order valence-corrected chi connectivity index (χ3v) is 14.1. The molecule has 2 aromatic rings. The Morgan fingerprint density at radius 2 is 1.64 bits per heavy atom. The monoisotopic (exact) mass is 634 g/mol. The predicted molar refractivity (Wildman–Crippen MR) is 173 cm³/mol. The van der Waals surface area contributed by atoms with Crippen molar-refractivity contribution in [2.24, 2.45) is 34.5 Å². The predicted octanol–water partition coefficient (Wildman–Crippen LogP) is 7.31. The first-order chi connectivity index (χ1) is 20.8. The first kappa shape index (κ1) is 31.1. The van der Waals surface area contributed by atoms with Crippen LogP contribution in [0.25, 0.3) is 0 Å². The lowest BCUT2D eigenvalue weighted by molar-refractivity contribution is -0.128. The number of benzene rings is 2. The van der Waals surface area contributed by atoms with Crippen LogP contribution in [0.15, 0.2) is 70.0 Å². The smallest absolute Gasteiger partial charge is 0.307 e. The minimum Gasteiger partial charge on any atom is -0.307 e. The molecule has 2 aromatic carbocycles. The van der Waals surface area contributed by atoms with Crippen LogP contribution < -0.4 is 10.0 Å². The number of carbonyl (C=O) groups is 3. The van der Waals surface area contributed by atoms with E-state index in [4.69, 9.17) is 0 Å². The summed E-state index contributed by atoms with van der Waals surface area (Å²) >= 11 is 1.84. The van der Waals surface area contributed by atoms with Crippen LogP contribution in [0.5, 0.6) is 0 Å². The van der Waals surface area contributed by atoms with Crippen LogP contribution in [0, 0.1) is 41.4 Å². The van der Waals surface area contributed by atoms with E-state index in [-0.39, 0.29) is 32.7 Å². The minimum absolute atomic E-state index is 0.0218. The summed E-state index contributed by atoms with van der Waals surface area (Å²) in [6.07, 6.45) is 8.54. The second kappa shape index (κ2) is 11.5. The van der Waals surface area contributed by atoms with Crippen LogP contribution in [0.2, 0.25) is 0 Å². The average Bonchev–Trinajstić information content (AvgIpc) is 3.32. The molecule has 44 heavy (non-hydrogen) atoms. The van der Waals surface area contributed by atoms with Gasteiger partial charge in [0.2, 0.25) is 0 Å². The second-order valence-corrected chi connectivity index (χ2v) is 16.9. The first-order valence-electron chi connectivity index (χ1n) is 15.7. The van der Waals surface area contributed by atoms with Gasteiger partial charge in [0.05, 0.1) is 4.90 Å². The Hall–Kier alpha value is -2.91. The molecule has 0 aromatic heterocycles. The highest BCUT2D eigenvalue weighted by Crippen LogP contribution is 2.68. The van der Waals surface area contributed by atoms with Gasteiger partial charge in [-0.2, -0.15) is 0 Å². The van der Waals surface area contributed by atoms with Gasteiger partial charge in [0.15, 0.2) is 5.78 Å². The number of nitrogens with one attached hydrogen (secondary N) is 2. The fraction of sp³-hybridized carbons (Fsp3) is 0.514. The maximum atomic E-state index is 12.7. The van der Waals surface area contributed by atoms with Crippen LogP contribution in [0.1, 0.15) is 71.3 Å². The molecule has 3 saturated carbocycles. The Morgan fingerprint density at radius 3 is 2.32 bits per heavy atom. The highest BCUT2D eigenvalue weighted by molar-refractivity contribution is 8.00. The van der Waals surface area contributed by atoms with Crippen molar-refractivity contribution in [1.82, 2.24) is 4.72 Å². The molecule has 4 aliphatic carbocycles. The number of thioether (sulfide) groups is 1. The van der Waals surface area contributed by atoms with Gasteiger partial charge in [0.25, 0.3) is 10.0 Å². The summed E-state index contributed by atoms with van der Waals surface area (Å²) in [6.45, 7) is 8.37. The van der Waals surface area contributed by atoms with E-state index in [1.165, 1.54) is 17.7 Å². The molecule has 0 heterocycles. The van der Waals surface area contributed by atoms with Crippen molar-refractivity contribution in [3.8, 4) is 0 Å². The van der Waals surface area contributed by atoms with E-state index in [9.17, 15) is 22.8 Å². The molecule has 0 aliphatic heterocycles. The summed E-state index contributed by atoms with van der Waals surface area (Å²) in [5.41, 5.74) is 2.77. The first-order valence-corrected chi connectivity index (χ1v) is 18.1. The Morgan fingerprint density at radius 1 is 0.932 bits per heavy atom. The molecule has 4 aliphatic rings. The molecule has 0 spiro atoms. The number of carbonyl (C=O) groups excluding carboxylic acids is 3. The molecule has 2 amide bonds. The van der Waals surface area contributed by atoms with Crippen molar-refractivity contribution < 1.29 is 22.8 Å². The molecule has 2 N–H and O–H groups in total. The zero-order chi connectivity index (χ0) is 31.4. The minimum atomic E-state index is -3.99. The fourth-order valence-electron chi connectivity index (χ4n) is 9.13. The number of sulfonamides is 1. The number of urea groups is 1. The van der Waals surface area contributed by atoms with Gasteiger partial charge in [-0.3, -0.25) is 9.59 Å². The molecular formula is C35H42N2O5S2. The summed E-state index contributed by atoms with van der Waals surface area (Å²) in [5, 5.41) is 2.92. The Labute approximate surface area is 265 Å². The van der Waals surface area contributed by atoms with Crippen LogP contribution in [0.4, 0.5) is 10.5 Å². The molecule has 6 rings (SSSR count). The summed E-state index contributed by atoms with van der Waals surface area (Å²) in [7, 11) is -3.99. The maximum absolute atomic E-state index is 12.7. The van der Waals surface area contributed by atoms with Crippen molar-refractivity contribution in [3.63, 3.8) is 0 Å². The van der Waals surface area contributed by atoms with Gasteiger partial charge < -0.3 is 5.32 Å². The van der Waals surface area contributed by atoms with Crippen molar-refractivity contribution in [3.05, 3.63) is 65.7 Å². The SMILES string of the molecule is CC(=O)[C@H]1CC[C@H]2[C@@H]3[C@H](Sc4ccc(NC(=O)NS(=O)(=O)c5ccc(C)cc5)cc4)CC4=CC(=O)CC[C@]4(C)[C@H]3CC[C@]12C. The van der Waals surface area contributed by atoms with E-state index in [2.05, 4.69) is 23.9 Å². The van der Waals surface area contributed by atoms with Crippen molar-refractivity contribution in [1.29, 1.82) is 0 Å². The zero-order valence-corrected chi connectivity index (χ0v) is 27.5. The molecule has 0 radical (unpaired) electrons. The van der Waals surface area contributed by atoms with E-state index >= 15 is 0 Å². The van der Waals surface area contributed by atoms with E-state index in [1.54, 1.807) is 31.2 Å². The largest absolute Gasteiger partial charge is 0.333 e. The summed E-state index contributed by atoms with van der Waals surface area (Å²) in [6, 6.07) is 13.0. The third kappa shape index (κ3) is 5.55. The molecule has 3 fully saturated rings. The highest BCUT2D eigenvalue weighted by Gasteiger charge is 2.62. The Balaban J connectivity index is 1.20. The van der Waals surface area contributed by atoms with E-state index in [0.29, 0.717) is 35.6 Å².